The van der Waals surface area contributed by atoms with Crippen LogP contribution in [0, 0.1) is 0 Å². The molecule has 6 heteroatoms. The molecular weight excluding hydrogens is 314 g/mol. The van der Waals surface area contributed by atoms with Crippen molar-refractivity contribution in [3.63, 3.8) is 0 Å². The van der Waals surface area contributed by atoms with Gasteiger partial charge in [-0.15, -0.1) is 0 Å². The summed E-state index contributed by atoms with van der Waals surface area (Å²) in [6.07, 6.45) is 0. The summed E-state index contributed by atoms with van der Waals surface area (Å²) in [5.41, 5.74) is 1.02. The van der Waals surface area contributed by atoms with Crippen LogP contribution >= 0.6 is 0 Å². The van der Waals surface area contributed by atoms with Crippen LogP contribution in [0.3, 0.4) is 0 Å². The van der Waals surface area contributed by atoms with Gasteiger partial charge >= 0.3 is 0 Å². The van der Waals surface area contributed by atoms with Crippen LogP contribution in [0.25, 0.3) is 11.4 Å². The van der Waals surface area contributed by atoms with E-state index in [-0.39, 0.29) is 0 Å². The van der Waals surface area contributed by atoms with Crippen molar-refractivity contribution in [2.75, 3.05) is 50.0 Å². The van der Waals surface area contributed by atoms with E-state index < -0.39 is 0 Å². The highest BCUT2D eigenvalue weighted by atomic mass is 16.5. The fourth-order valence-electron chi connectivity index (χ4n) is 2.79. The number of nitrogens with one attached hydrogen (secondary N) is 2. The summed E-state index contributed by atoms with van der Waals surface area (Å²) in [6, 6.07) is 12.4. The van der Waals surface area contributed by atoms with Crippen molar-refractivity contribution in [2.24, 2.45) is 0 Å². The molecule has 0 amide bonds. The largest absolute Gasteiger partial charge is 0.379 e. The lowest BCUT2D eigenvalue weighted by Crippen LogP contribution is -2.39. The highest BCUT2D eigenvalue weighted by Crippen LogP contribution is 2.20. The molecule has 6 nitrogen and oxygen atoms in total. The molecule has 1 aromatic heterocycles. The first-order chi connectivity index (χ1) is 12.2. The Labute approximate surface area is 149 Å². The second kappa shape index (κ2) is 8.78. The van der Waals surface area contributed by atoms with Gasteiger partial charge in [0.15, 0.2) is 5.82 Å². The van der Waals surface area contributed by atoms with E-state index in [0.717, 1.165) is 62.4 Å². The van der Waals surface area contributed by atoms with Gasteiger partial charge in [0.2, 0.25) is 0 Å². The third-order valence-electron chi connectivity index (χ3n) is 4.03. The second-order valence-electron chi connectivity index (χ2n) is 6.51. The van der Waals surface area contributed by atoms with Gasteiger partial charge in [0, 0.05) is 43.9 Å². The fourth-order valence-corrected chi connectivity index (χ4v) is 2.79. The highest BCUT2D eigenvalue weighted by Gasteiger charge is 2.11. The van der Waals surface area contributed by atoms with Crippen LogP contribution in [-0.4, -0.2) is 60.3 Å². The van der Waals surface area contributed by atoms with Crippen molar-refractivity contribution >= 4 is 11.6 Å². The Hall–Kier alpha value is -2.18. The van der Waals surface area contributed by atoms with Crippen molar-refractivity contribution in [3.8, 4) is 11.4 Å². The van der Waals surface area contributed by atoms with Crippen LogP contribution in [0.2, 0.25) is 0 Å². The minimum atomic E-state index is 0.319. The lowest BCUT2D eigenvalue weighted by molar-refractivity contribution is 0.0398. The first-order valence-corrected chi connectivity index (χ1v) is 8.96. The normalized spacial score (nSPS) is 15.3. The van der Waals surface area contributed by atoms with E-state index in [9.17, 15) is 0 Å². The predicted octanol–water partition coefficient (Wildman–Crippen LogP) is 2.71. The molecule has 0 spiro atoms. The van der Waals surface area contributed by atoms with Crippen LogP contribution in [0.5, 0.6) is 0 Å². The Morgan fingerprint density at radius 1 is 1.08 bits per heavy atom. The Morgan fingerprint density at radius 2 is 1.80 bits per heavy atom. The predicted molar refractivity (Wildman–Crippen MR) is 102 cm³/mol. The molecule has 0 saturated carbocycles. The molecule has 2 N–H and O–H groups in total. The summed E-state index contributed by atoms with van der Waals surface area (Å²) in [5, 5.41) is 6.82. The van der Waals surface area contributed by atoms with Gasteiger partial charge in [0.1, 0.15) is 11.6 Å². The molecule has 3 rings (SSSR count). The van der Waals surface area contributed by atoms with E-state index in [4.69, 9.17) is 4.74 Å². The number of morpholine rings is 1. The molecule has 2 aromatic rings. The molecule has 134 valence electrons. The molecule has 0 unspecified atom stereocenters. The van der Waals surface area contributed by atoms with E-state index >= 15 is 0 Å². The average Bonchev–Trinajstić information content (AvgIpc) is 2.63. The van der Waals surface area contributed by atoms with Crippen LogP contribution < -0.4 is 10.6 Å². The maximum Gasteiger partial charge on any atom is 0.163 e. The van der Waals surface area contributed by atoms with Crippen molar-refractivity contribution < 1.29 is 4.74 Å². The highest BCUT2D eigenvalue weighted by molar-refractivity contribution is 5.61. The second-order valence-corrected chi connectivity index (χ2v) is 6.51. The number of hydrogen-bond donors (Lipinski definition) is 2. The minimum Gasteiger partial charge on any atom is -0.379 e. The number of nitrogens with zero attached hydrogens (tertiary/aromatic N) is 3. The summed E-state index contributed by atoms with van der Waals surface area (Å²) in [6.45, 7) is 9.71. The first kappa shape index (κ1) is 17.6. The van der Waals surface area contributed by atoms with Crippen LogP contribution in [-0.2, 0) is 4.74 Å². The molecule has 2 heterocycles. The van der Waals surface area contributed by atoms with Crippen molar-refractivity contribution in [3.05, 3.63) is 36.4 Å². The Kier molecular flexibility index (Phi) is 6.19. The van der Waals surface area contributed by atoms with Crippen LogP contribution in [0.15, 0.2) is 36.4 Å². The van der Waals surface area contributed by atoms with Gasteiger partial charge in [-0.05, 0) is 13.8 Å². The number of anilines is 2. The lowest BCUT2D eigenvalue weighted by atomic mass is 10.2. The lowest BCUT2D eigenvalue weighted by Gasteiger charge is -2.26. The van der Waals surface area contributed by atoms with Gasteiger partial charge in [-0.25, -0.2) is 9.97 Å². The van der Waals surface area contributed by atoms with Gasteiger partial charge in [-0.1, -0.05) is 30.3 Å². The summed E-state index contributed by atoms with van der Waals surface area (Å²) < 4.78 is 5.39. The number of aromatic nitrogens is 2. The van der Waals surface area contributed by atoms with Crippen LogP contribution in [0.1, 0.15) is 13.8 Å². The number of rotatable bonds is 7. The molecule has 1 aliphatic rings. The topological polar surface area (TPSA) is 62.3 Å². The van der Waals surface area contributed by atoms with Gasteiger partial charge < -0.3 is 15.4 Å². The molecule has 0 aliphatic carbocycles. The van der Waals surface area contributed by atoms with Gasteiger partial charge in [-0.2, -0.15) is 0 Å². The molecule has 1 saturated heterocycles. The molecular formula is C19H27N5O. The SMILES string of the molecule is CC(C)Nc1cc(NCCN2CCOCC2)nc(-c2ccccc2)n1. The molecule has 25 heavy (non-hydrogen) atoms. The number of hydrogen-bond acceptors (Lipinski definition) is 6. The summed E-state index contributed by atoms with van der Waals surface area (Å²) >= 11 is 0. The van der Waals surface area contributed by atoms with Gasteiger partial charge in [0.05, 0.1) is 13.2 Å². The van der Waals surface area contributed by atoms with Gasteiger partial charge in [0.25, 0.3) is 0 Å². The number of ether oxygens (including phenoxy) is 1. The minimum absolute atomic E-state index is 0.319. The molecule has 0 radical (unpaired) electrons. The molecule has 1 aliphatic heterocycles. The van der Waals surface area contributed by atoms with E-state index in [1.807, 2.05) is 36.4 Å². The zero-order valence-electron chi connectivity index (χ0n) is 15.0. The van der Waals surface area contributed by atoms with E-state index in [0.29, 0.717) is 6.04 Å². The molecule has 0 bridgehead atoms. The van der Waals surface area contributed by atoms with Crippen molar-refractivity contribution in [1.82, 2.24) is 14.9 Å². The molecule has 0 atom stereocenters. The van der Waals surface area contributed by atoms with E-state index in [1.165, 1.54) is 0 Å². The third-order valence-corrected chi connectivity index (χ3v) is 4.03. The third kappa shape index (κ3) is 5.41. The summed E-state index contributed by atoms with van der Waals surface area (Å²) in [5.74, 6) is 2.43. The van der Waals surface area contributed by atoms with Gasteiger partial charge in [-0.3, -0.25) is 4.90 Å². The Morgan fingerprint density at radius 3 is 2.52 bits per heavy atom. The summed E-state index contributed by atoms with van der Waals surface area (Å²) in [4.78, 5) is 11.7. The Balaban J connectivity index is 1.70. The standard InChI is InChI=1S/C19H27N5O/c1-15(2)21-18-14-17(20-8-9-24-10-12-25-13-11-24)22-19(23-18)16-6-4-3-5-7-16/h3-7,14-15H,8-13H2,1-2H3,(H2,20,21,22,23). The fraction of sp³-hybridized carbons (Fsp3) is 0.474. The van der Waals surface area contributed by atoms with E-state index in [2.05, 4.69) is 39.3 Å². The molecule has 1 aromatic carbocycles. The maximum absolute atomic E-state index is 5.39. The quantitative estimate of drug-likeness (QED) is 0.807. The maximum atomic E-state index is 5.39. The average molecular weight is 341 g/mol. The first-order valence-electron chi connectivity index (χ1n) is 8.96. The van der Waals surface area contributed by atoms with Crippen molar-refractivity contribution in [2.45, 2.75) is 19.9 Å². The van der Waals surface area contributed by atoms with Crippen molar-refractivity contribution in [1.29, 1.82) is 0 Å². The monoisotopic (exact) mass is 341 g/mol. The Bertz CT molecular complexity index is 656. The summed E-state index contributed by atoms with van der Waals surface area (Å²) in [7, 11) is 0. The van der Waals surface area contributed by atoms with Crippen LogP contribution in [0.4, 0.5) is 11.6 Å². The smallest absolute Gasteiger partial charge is 0.163 e. The zero-order chi connectivity index (χ0) is 17.5. The number of benzene rings is 1. The van der Waals surface area contributed by atoms with E-state index in [1.54, 1.807) is 0 Å². The zero-order valence-corrected chi connectivity index (χ0v) is 15.0. The molecule has 1 fully saturated rings.